The molecule has 0 aromatic heterocycles. The van der Waals surface area contributed by atoms with E-state index in [4.69, 9.17) is 24.4 Å². The number of hydrogen-bond acceptors (Lipinski definition) is 6. The Morgan fingerprint density at radius 1 is 0.800 bits per heavy atom. The zero-order valence-electron chi connectivity index (χ0n) is 4.68. The first kappa shape index (κ1) is 22.7. The molecule has 0 atom stereocenters. The van der Waals surface area contributed by atoms with Crippen LogP contribution in [0.25, 0.3) is 0 Å². The Labute approximate surface area is 99.0 Å². The predicted molar refractivity (Wildman–Crippen MR) is 12.9 cm³/mol. The van der Waals surface area contributed by atoms with E-state index in [1.807, 2.05) is 0 Å². The van der Waals surface area contributed by atoms with Crippen molar-refractivity contribution in [2.45, 2.75) is 0 Å². The molecule has 0 heterocycles. The van der Waals surface area contributed by atoms with Gasteiger partial charge in [-0.3, -0.25) is 0 Å². The third kappa shape index (κ3) is 199. The Kier molecular flexibility index (Phi) is 39.0. The van der Waals surface area contributed by atoms with E-state index in [0.717, 1.165) is 0 Å². The second-order valence-electron chi connectivity index (χ2n) is 0.408. The van der Waals surface area contributed by atoms with Crippen molar-refractivity contribution in [3.8, 4) is 0 Å². The van der Waals surface area contributed by atoms with Crippen molar-refractivity contribution in [2.75, 3.05) is 0 Å². The molecule has 0 radical (unpaired) electrons. The first-order valence-electron chi connectivity index (χ1n) is 1.00. The third-order valence-corrected chi connectivity index (χ3v) is 0. The fourth-order valence-electron chi connectivity index (χ4n) is 0. The van der Waals surface area contributed by atoms with Gasteiger partial charge in [-0.15, -0.1) is 0 Å². The average molecular weight is 432 g/mol. The van der Waals surface area contributed by atoms with Crippen LogP contribution >= 0.6 is 0 Å². The molecule has 0 fully saturated rings. The van der Waals surface area contributed by atoms with E-state index in [1.165, 1.54) is 0 Å². The van der Waals surface area contributed by atoms with Crippen molar-refractivity contribution in [3.05, 3.63) is 0 Å². The van der Waals surface area contributed by atoms with Crippen LogP contribution in [0.4, 0.5) is 0 Å². The average Bonchev–Trinajstić information content (AvgIpc) is 1.25. The van der Waals surface area contributed by atoms with E-state index in [9.17, 15) is 0 Å². The zero-order chi connectivity index (χ0) is 7.15. The minimum Gasteiger partial charge on any atom is 2.00 e. The molecule has 0 aliphatic carbocycles. The van der Waals surface area contributed by atoms with Crippen LogP contribution in [-0.2, 0) is 54.4 Å². The van der Waals surface area contributed by atoms with Gasteiger partial charge in [-0.1, -0.05) is 0 Å². The van der Waals surface area contributed by atoms with Crippen LogP contribution in [0.2, 0.25) is 0 Å². The summed E-state index contributed by atoms with van der Waals surface area (Å²) in [6, 6.07) is 0. The van der Waals surface area contributed by atoms with Gasteiger partial charge in [-0.25, -0.2) is 0 Å². The van der Waals surface area contributed by atoms with Crippen molar-refractivity contribution >= 4 is 29.0 Å². The summed E-state index contributed by atoms with van der Waals surface area (Å²) in [4.78, 5) is 0. The Morgan fingerprint density at radius 3 is 0.800 bits per heavy atom. The summed E-state index contributed by atoms with van der Waals surface area (Å²) in [6.45, 7) is 0. The molecule has 0 spiro atoms. The number of hydrogen-bond donors (Lipinski definition) is 0. The first-order valence-corrected chi connectivity index (χ1v) is 5.20. The predicted octanol–water partition coefficient (Wildman–Crippen LogP) is -5.76. The Hall–Kier alpha value is 2.02. The molecule has 0 bridgehead atoms. The van der Waals surface area contributed by atoms with E-state index >= 15 is 0 Å². The molecule has 0 amide bonds. The van der Waals surface area contributed by atoms with Gasteiger partial charge in [0.05, 0.1) is 0 Å². The topological polar surface area (TPSA) is 126 Å². The van der Waals surface area contributed by atoms with Crippen molar-refractivity contribution in [3.63, 3.8) is 0 Å². The molecule has 0 aliphatic heterocycles. The molecule has 0 saturated carbocycles. The summed E-state index contributed by atoms with van der Waals surface area (Å²) in [5.74, 6) is 0. The van der Waals surface area contributed by atoms with Gasteiger partial charge in [0, 0.05) is 0 Å². The van der Waals surface area contributed by atoms with Gasteiger partial charge < -0.3 is 0 Å². The molecule has 0 aromatic carbocycles. The fourth-order valence-corrected chi connectivity index (χ4v) is 0. The van der Waals surface area contributed by atoms with Crippen LogP contribution in [0.15, 0.2) is 0 Å². The van der Waals surface area contributed by atoms with Crippen molar-refractivity contribution in [1.82, 2.24) is 0 Å². The molecule has 6 nitrogen and oxygen atoms in total. The maximum absolute atomic E-state index is 8.54. The van der Waals surface area contributed by atoms with Gasteiger partial charge in [-0.05, 0) is 0 Å². The van der Waals surface area contributed by atoms with Gasteiger partial charge in [-0.2, -0.15) is 0 Å². The van der Waals surface area contributed by atoms with Gasteiger partial charge >= 0.3 is 100 Å². The Bertz CT molecular complexity index is 73.7. The molecule has 10 heteroatoms. The van der Waals surface area contributed by atoms with Crippen LogP contribution in [0.3, 0.4) is 0 Å². The van der Waals surface area contributed by atoms with Gasteiger partial charge in [0.25, 0.3) is 0 Å². The maximum Gasteiger partial charge on any atom is 2.00 e. The van der Waals surface area contributed by atoms with Crippen molar-refractivity contribution < 1.29 is 71.2 Å². The van der Waals surface area contributed by atoms with Crippen molar-refractivity contribution in [2.24, 2.45) is 0 Å². The normalized spacial score (nSPS) is 7.00. The minimum atomic E-state index is -3.79. The standard InChI is InChI=1S/Cd.2H2O3Se.Zn/c;2*1-4(2)3;/h;2*(H2,1,2,3);/q+2;;;+2/p-4. The molecule has 52 valence electrons. The van der Waals surface area contributed by atoms with Crippen LogP contribution in [0.5, 0.6) is 0 Å². The van der Waals surface area contributed by atoms with Gasteiger partial charge in [0.1, 0.15) is 0 Å². The summed E-state index contributed by atoms with van der Waals surface area (Å²) < 4.78 is 51.2. The Morgan fingerprint density at radius 2 is 0.800 bits per heavy atom. The zero-order valence-corrected chi connectivity index (χ0v) is 15.1. The van der Waals surface area contributed by atoms with E-state index in [0.29, 0.717) is 0 Å². The summed E-state index contributed by atoms with van der Waals surface area (Å²) >= 11 is -7.58. The van der Waals surface area contributed by atoms with Crippen LogP contribution in [0.1, 0.15) is 0 Å². The van der Waals surface area contributed by atoms with Crippen LogP contribution < -0.4 is 16.8 Å². The van der Waals surface area contributed by atoms with Gasteiger partial charge in [0.2, 0.25) is 0 Å². The fraction of sp³-hybridized carbons (Fsp3) is 0. The maximum atomic E-state index is 8.54. The molecule has 0 N–H and O–H groups in total. The smallest absolute Gasteiger partial charge is 2.00 e. The molecule has 10 heavy (non-hydrogen) atoms. The summed E-state index contributed by atoms with van der Waals surface area (Å²) in [6.07, 6.45) is 0. The Balaban J connectivity index is -0.0000000300. The summed E-state index contributed by atoms with van der Waals surface area (Å²) in [5.41, 5.74) is 0. The summed E-state index contributed by atoms with van der Waals surface area (Å²) in [7, 11) is 0. The number of rotatable bonds is 0. The third-order valence-electron chi connectivity index (χ3n) is 0. The second kappa shape index (κ2) is 17.2. The SMILES string of the molecule is O=[Se]([O-])[O-].O=[Se]([O-])[O-].[Cd+2].[Zn+2]. The molecule has 0 saturated heterocycles. The van der Waals surface area contributed by atoms with Crippen molar-refractivity contribution in [1.29, 1.82) is 0 Å². The van der Waals surface area contributed by atoms with E-state index < -0.39 is 29.0 Å². The quantitative estimate of drug-likeness (QED) is 0.352. The van der Waals surface area contributed by atoms with Gasteiger partial charge in [0.15, 0.2) is 0 Å². The summed E-state index contributed by atoms with van der Waals surface area (Å²) in [5, 5.41) is 0. The monoisotopic (exact) mass is 434 g/mol. The van der Waals surface area contributed by atoms with E-state index in [2.05, 4.69) is 0 Å². The van der Waals surface area contributed by atoms with E-state index in [1.54, 1.807) is 0 Å². The molecule has 0 aliphatic rings. The molecular weight excluding hydrogens is 432 g/mol. The minimum absolute atomic E-state index is 0. The van der Waals surface area contributed by atoms with Crippen LogP contribution in [0, 0.1) is 0 Å². The molecule has 0 unspecified atom stereocenters. The molecule has 0 aromatic rings. The first-order chi connectivity index (χ1) is 3.46. The second-order valence-corrected chi connectivity index (χ2v) is 2.12. The van der Waals surface area contributed by atoms with E-state index in [-0.39, 0.29) is 46.8 Å². The molecule has 0 rings (SSSR count). The molecular formula is CdO6Se2Zn. The van der Waals surface area contributed by atoms with Crippen LogP contribution in [-0.4, -0.2) is 29.0 Å². The largest absolute Gasteiger partial charge is 2.00 e.